The van der Waals surface area contributed by atoms with Gasteiger partial charge in [-0.2, -0.15) is 0 Å². The molecule has 0 saturated carbocycles. The minimum atomic E-state index is -0.441. The van der Waals surface area contributed by atoms with Crippen LogP contribution in [0.2, 0.25) is 0 Å². The topological polar surface area (TPSA) is 106 Å². The van der Waals surface area contributed by atoms with Crippen molar-refractivity contribution in [1.29, 1.82) is 0 Å². The molecule has 9 nitrogen and oxygen atoms in total. The molecule has 9 heteroatoms. The first-order valence-corrected chi connectivity index (χ1v) is 10.9. The van der Waals surface area contributed by atoms with E-state index in [1.54, 1.807) is 13.8 Å². The molecule has 1 aliphatic carbocycles. The van der Waals surface area contributed by atoms with Crippen LogP contribution >= 0.6 is 0 Å². The van der Waals surface area contributed by atoms with Crippen molar-refractivity contribution < 1.29 is 28.6 Å². The number of esters is 1. The van der Waals surface area contributed by atoms with Crippen LogP contribution in [-0.4, -0.2) is 80.5 Å². The third kappa shape index (κ3) is 7.60. The molecule has 1 saturated heterocycles. The molecule has 0 aromatic carbocycles. The first-order valence-electron chi connectivity index (χ1n) is 10.9. The molecular weight excluding hydrogens is 390 g/mol. The number of nitrogens with one attached hydrogen (secondary N) is 2. The van der Waals surface area contributed by atoms with E-state index < -0.39 is 6.09 Å². The second-order valence-corrected chi connectivity index (χ2v) is 7.53. The fourth-order valence-electron chi connectivity index (χ4n) is 3.99. The van der Waals surface area contributed by atoms with E-state index in [1.807, 2.05) is 6.08 Å². The molecule has 1 heterocycles. The molecule has 3 atom stereocenters. The fraction of sp³-hybridized carbons (Fsp3) is 0.762. The number of alkyl carbamates (subject to hydrolysis) is 1. The summed E-state index contributed by atoms with van der Waals surface area (Å²) in [4.78, 5) is 37.5. The van der Waals surface area contributed by atoms with Crippen LogP contribution in [-0.2, 0) is 23.8 Å². The van der Waals surface area contributed by atoms with Gasteiger partial charge in [0.2, 0.25) is 5.91 Å². The number of piperidine rings is 1. The Bertz CT molecular complexity index is 624. The Kier molecular flexibility index (Phi) is 10.1. The predicted octanol–water partition coefficient (Wildman–Crippen LogP) is 1.37. The number of nitrogens with zero attached hydrogens (tertiary/aromatic N) is 1. The molecular formula is C21H35N3O6. The second kappa shape index (κ2) is 12.5. The summed E-state index contributed by atoms with van der Waals surface area (Å²) in [5.41, 5.74) is 0.671. The van der Waals surface area contributed by atoms with Gasteiger partial charge in [0, 0.05) is 37.7 Å². The number of likely N-dealkylation sites (tertiary alicyclic amines) is 1. The minimum Gasteiger partial charge on any atom is -0.463 e. The van der Waals surface area contributed by atoms with E-state index in [0.717, 1.165) is 19.4 Å². The van der Waals surface area contributed by atoms with Crippen LogP contribution < -0.4 is 10.6 Å². The van der Waals surface area contributed by atoms with Crippen LogP contribution in [0.4, 0.5) is 4.79 Å². The molecule has 2 aliphatic rings. The Labute approximate surface area is 178 Å². The highest BCUT2D eigenvalue weighted by Crippen LogP contribution is 2.26. The van der Waals surface area contributed by atoms with Crippen molar-refractivity contribution in [2.45, 2.75) is 64.6 Å². The summed E-state index contributed by atoms with van der Waals surface area (Å²) in [6.07, 6.45) is 4.72. The molecule has 0 unspecified atom stereocenters. The summed E-state index contributed by atoms with van der Waals surface area (Å²) < 4.78 is 16.0. The maximum Gasteiger partial charge on any atom is 0.407 e. The number of hydrogen-bond acceptors (Lipinski definition) is 7. The first-order chi connectivity index (χ1) is 14.4. The van der Waals surface area contributed by atoms with E-state index in [2.05, 4.69) is 15.5 Å². The third-order valence-corrected chi connectivity index (χ3v) is 5.27. The molecule has 2 amide bonds. The van der Waals surface area contributed by atoms with Crippen molar-refractivity contribution in [1.82, 2.24) is 15.5 Å². The van der Waals surface area contributed by atoms with E-state index in [-0.39, 0.29) is 30.1 Å². The van der Waals surface area contributed by atoms with Crippen molar-refractivity contribution in [3.8, 4) is 0 Å². The number of rotatable bonds is 9. The van der Waals surface area contributed by atoms with Gasteiger partial charge in [-0.05, 0) is 46.1 Å². The van der Waals surface area contributed by atoms with Crippen LogP contribution in [0.15, 0.2) is 11.6 Å². The molecule has 170 valence electrons. The predicted molar refractivity (Wildman–Crippen MR) is 111 cm³/mol. The summed E-state index contributed by atoms with van der Waals surface area (Å²) in [6, 6.07) is -0.129. The number of carbonyl (C=O) groups excluding carboxylic acids is 3. The molecule has 2 N–H and O–H groups in total. The summed E-state index contributed by atoms with van der Waals surface area (Å²) >= 11 is 0. The van der Waals surface area contributed by atoms with Gasteiger partial charge in [-0.3, -0.25) is 9.69 Å². The minimum absolute atomic E-state index is 0.0297. The monoisotopic (exact) mass is 425 g/mol. The average molecular weight is 426 g/mol. The summed E-state index contributed by atoms with van der Waals surface area (Å²) in [5, 5.41) is 5.68. The van der Waals surface area contributed by atoms with E-state index in [1.165, 1.54) is 6.92 Å². The molecule has 0 radical (unpaired) electrons. The molecule has 0 spiro atoms. The van der Waals surface area contributed by atoms with Crippen LogP contribution in [0.1, 0.15) is 46.5 Å². The summed E-state index contributed by atoms with van der Waals surface area (Å²) in [6.45, 7) is 8.11. The third-order valence-electron chi connectivity index (χ3n) is 5.27. The van der Waals surface area contributed by atoms with Gasteiger partial charge in [-0.1, -0.05) is 6.08 Å². The summed E-state index contributed by atoms with van der Waals surface area (Å²) in [5.74, 6) is -0.355. The maximum absolute atomic E-state index is 12.2. The average Bonchev–Trinajstić information content (AvgIpc) is 2.72. The van der Waals surface area contributed by atoms with E-state index in [0.29, 0.717) is 51.3 Å². The molecule has 2 rings (SSSR count). The van der Waals surface area contributed by atoms with Gasteiger partial charge in [-0.15, -0.1) is 0 Å². The van der Waals surface area contributed by atoms with Crippen LogP contribution in [0.5, 0.6) is 0 Å². The Morgan fingerprint density at radius 2 is 1.93 bits per heavy atom. The van der Waals surface area contributed by atoms with Crippen LogP contribution in [0.3, 0.4) is 0 Å². The number of carbonyl (C=O) groups is 3. The normalized spacial score (nSPS) is 24.5. The van der Waals surface area contributed by atoms with Crippen molar-refractivity contribution in [3.05, 3.63) is 11.6 Å². The van der Waals surface area contributed by atoms with E-state index in [4.69, 9.17) is 14.2 Å². The number of amides is 2. The number of hydrogen-bond donors (Lipinski definition) is 2. The van der Waals surface area contributed by atoms with Gasteiger partial charge in [0.05, 0.1) is 25.9 Å². The quantitative estimate of drug-likeness (QED) is 0.424. The fourth-order valence-corrected chi connectivity index (χ4v) is 3.99. The Morgan fingerprint density at radius 3 is 2.63 bits per heavy atom. The van der Waals surface area contributed by atoms with Gasteiger partial charge < -0.3 is 24.8 Å². The second-order valence-electron chi connectivity index (χ2n) is 7.53. The summed E-state index contributed by atoms with van der Waals surface area (Å²) in [7, 11) is 0. The molecule has 1 fully saturated rings. The van der Waals surface area contributed by atoms with Gasteiger partial charge in [-0.25, -0.2) is 9.59 Å². The van der Waals surface area contributed by atoms with Crippen LogP contribution in [0, 0.1) is 0 Å². The van der Waals surface area contributed by atoms with E-state index >= 15 is 0 Å². The zero-order valence-corrected chi connectivity index (χ0v) is 18.3. The highest BCUT2D eigenvalue weighted by Gasteiger charge is 2.34. The molecule has 1 aliphatic heterocycles. The standard InChI is InChI=1S/C21H35N3O6/c1-4-28-20(26)16-8-9-18(23-15(3)25)19(13-16)24-11-6-7-17(14-24)30-12-10-22-21(27)29-5-2/h13,17-19H,4-12,14H2,1-3H3,(H,22,27)(H,23,25)/t17-,18+,19+/m0/s1. The lowest BCUT2D eigenvalue weighted by Gasteiger charge is -2.42. The lowest BCUT2D eigenvalue weighted by Crippen LogP contribution is -2.55. The smallest absolute Gasteiger partial charge is 0.407 e. The van der Waals surface area contributed by atoms with Crippen molar-refractivity contribution in [2.75, 3.05) is 39.5 Å². The SMILES string of the molecule is CCOC(=O)NCCO[C@H]1CCCN([C@@H]2C=C(C(=O)OCC)CC[C@H]2NC(C)=O)C1. The van der Waals surface area contributed by atoms with Gasteiger partial charge in [0.25, 0.3) is 0 Å². The van der Waals surface area contributed by atoms with Crippen molar-refractivity contribution in [3.63, 3.8) is 0 Å². The Balaban J connectivity index is 1.96. The highest BCUT2D eigenvalue weighted by atomic mass is 16.5. The highest BCUT2D eigenvalue weighted by molar-refractivity contribution is 5.89. The zero-order valence-electron chi connectivity index (χ0n) is 18.3. The zero-order chi connectivity index (χ0) is 21.9. The Hall–Kier alpha value is -2.13. The Morgan fingerprint density at radius 1 is 1.17 bits per heavy atom. The van der Waals surface area contributed by atoms with Gasteiger partial charge in [0.15, 0.2) is 0 Å². The van der Waals surface area contributed by atoms with Crippen molar-refractivity contribution >= 4 is 18.0 Å². The van der Waals surface area contributed by atoms with Gasteiger partial charge >= 0.3 is 12.1 Å². The van der Waals surface area contributed by atoms with Gasteiger partial charge in [0.1, 0.15) is 0 Å². The van der Waals surface area contributed by atoms with Crippen LogP contribution in [0.25, 0.3) is 0 Å². The van der Waals surface area contributed by atoms with E-state index in [9.17, 15) is 14.4 Å². The molecule has 0 bridgehead atoms. The molecule has 30 heavy (non-hydrogen) atoms. The largest absolute Gasteiger partial charge is 0.463 e. The maximum atomic E-state index is 12.2. The lowest BCUT2D eigenvalue weighted by molar-refractivity contribution is -0.138. The number of ether oxygens (including phenoxy) is 3. The lowest BCUT2D eigenvalue weighted by atomic mass is 9.88. The van der Waals surface area contributed by atoms with Crippen molar-refractivity contribution in [2.24, 2.45) is 0 Å². The molecule has 0 aromatic rings. The molecule has 0 aromatic heterocycles. The first kappa shape index (κ1) is 24.1.